The molecule has 2 N–H and O–H groups in total. The lowest BCUT2D eigenvalue weighted by atomic mass is 9.92. The second-order valence-corrected chi connectivity index (χ2v) is 7.34. The van der Waals surface area contributed by atoms with Crippen molar-refractivity contribution in [2.45, 2.75) is 6.42 Å². The van der Waals surface area contributed by atoms with Crippen LogP contribution in [0.2, 0.25) is 0 Å². The van der Waals surface area contributed by atoms with Crippen LogP contribution in [0.15, 0.2) is 48.8 Å². The molecule has 0 spiro atoms. The fourth-order valence-corrected chi connectivity index (χ4v) is 3.71. The Hall–Kier alpha value is -3.19. The molecule has 7 nitrogen and oxygen atoms in total. The van der Waals surface area contributed by atoms with Gasteiger partial charge in [-0.15, -0.1) is 0 Å². The monoisotopic (exact) mass is 390 g/mol. The van der Waals surface area contributed by atoms with E-state index in [9.17, 15) is 4.79 Å². The fraction of sp³-hybridized carbons (Fsp3) is 0.318. The molecule has 29 heavy (non-hydrogen) atoms. The Morgan fingerprint density at radius 2 is 1.93 bits per heavy atom. The van der Waals surface area contributed by atoms with Gasteiger partial charge in [0.05, 0.1) is 0 Å². The summed E-state index contributed by atoms with van der Waals surface area (Å²) in [6.07, 6.45) is 4.82. The van der Waals surface area contributed by atoms with Crippen LogP contribution in [-0.4, -0.2) is 58.8 Å². The zero-order valence-electron chi connectivity index (χ0n) is 16.9. The second-order valence-electron chi connectivity index (χ2n) is 7.34. The number of fused-ring (bicyclic) bond motifs is 1. The SMILES string of the molecule is CN1CC=C(c2cccc3c(C(=O)NCCNc4ncnn4C)cccc23)CC1. The van der Waals surface area contributed by atoms with Gasteiger partial charge < -0.3 is 15.5 Å². The van der Waals surface area contributed by atoms with Crippen LogP contribution < -0.4 is 10.6 Å². The van der Waals surface area contributed by atoms with Gasteiger partial charge in [0, 0.05) is 38.8 Å². The average molecular weight is 390 g/mol. The Kier molecular flexibility index (Phi) is 5.57. The van der Waals surface area contributed by atoms with E-state index in [1.807, 2.05) is 31.3 Å². The van der Waals surface area contributed by atoms with Crippen LogP contribution in [0.4, 0.5) is 5.95 Å². The predicted octanol–water partition coefficient (Wildman–Crippen LogP) is 2.53. The molecule has 1 aromatic heterocycles. The van der Waals surface area contributed by atoms with E-state index in [2.05, 4.69) is 50.9 Å². The highest BCUT2D eigenvalue weighted by atomic mass is 16.1. The molecule has 0 saturated heterocycles. The van der Waals surface area contributed by atoms with E-state index in [4.69, 9.17) is 0 Å². The molecule has 7 heteroatoms. The van der Waals surface area contributed by atoms with E-state index >= 15 is 0 Å². The Bertz CT molecular complexity index is 1050. The minimum absolute atomic E-state index is 0.0649. The van der Waals surface area contributed by atoms with Crippen molar-refractivity contribution in [1.29, 1.82) is 0 Å². The van der Waals surface area contributed by atoms with Crippen LogP contribution >= 0.6 is 0 Å². The van der Waals surface area contributed by atoms with E-state index < -0.39 is 0 Å². The van der Waals surface area contributed by atoms with Crippen molar-refractivity contribution in [3.8, 4) is 0 Å². The quantitative estimate of drug-likeness (QED) is 0.633. The molecule has 0 bridgehead atoms. The van der Waals surface area contributed by atoms with E-state index in [0.717, 1.165) is 30.3 Å². The Morgan fingerprint density at radius 1 is 1.10 bits per heavy atom. The number of nitrogens with zero attached hydrogens (tertiary/aromatic N) is 4. The summed E-state index contributed by atoms with van der Waals surface area (Å²) in [4.78, 5) is 19.2. The maximum atomic E-state index is 12.8. The van der Waals surface area contributed by atoms with Crippen LogP contribution in [0.3, 0.4) is 0 Å². The Morgan fingerprint density at radius 3 is 2.69 bits per heavy atom. The van der Waals surface area contributed by atoms with Crippen molar-refractivity contribution in [2.75, 3.05) is 38.5 Å². The summed E-state index contributed by atoms with van der Waals surface area (Å²) in [7, 11) is 3.96. The molecule has 2 aromatic carbocycles. The molecule has 2 heterocycles. The molecule has 150 valence electrons. The van der Waals surface area contributed by atoms with Gasteiger partial charge in [0.1, 0.15) is 6.33 Å². The lowest BCUT2D eigenvalue weighted by Crippen LogP contribution is -2.29. The minimum atomic E-state index is -0.0649. The van der Waals surface area contributed by atoms with E-state index in [1.54, 1.807) is 4.68 Å². The zero-order valence-corrected chi connectivity index (χ0v) is 16.9. The van der Waals surface area contributed by atoms with Crippen LogP contribution in [-0.2, 0) is 7.05 Å². The Balaban J connectivity index is 1.49. The number of aryl methyl sites for hydroxylation is 1. The number of nitrogens with one attached hydrogen (secondary N) is 2. The first kappa shape index (κ1) is 19.1. The number of hydrogen-bond donors (Lipinski definition) is 2. The molecule has 0 fully saturated rings. The highest BCUT2D eigenvalue weighted by Gasteiger charge is 2.15. The lowest BCUT2D eigenvalue weighted by molar-refractivity contribution is 0.0957. The smallest absolute Gasteiger partial charge is 0.251 e. The number of amides is 1. The van der Waals surface area contributed by atoms with Gasteiger partial charge in [0.2, 0.25) is 5.95 Å². The number of aromatic nitrogens is 3. The molecule has 0 unspecified atom stereocenters. The number of rotatable bonds is 6. The summed E-state index contributed by atoms with van der Waals surface area (Å²) in [5.74, 6) is 0.616. The molecule has 1 aliphatic heterocycles. The normalized spacial score (nSPS) is 14.6. The summed E-state index contributed by atoms with van der Waals surface area (Å²) in [5.41, 5.74) is 3.30. The standard InChI is InChI=1S/C22H26N6O/c1-27-13-9-16(10-14-27)17-5-3-7-19-18(17)6-4-8-20(19)21(29)23-11-12-24-22-25-15-26-28(22)2/h3-9,15H,10-14H2,1-2H3,(H,23,29)(H,24,25,26). The van der Waals surface area contributed by atoms with Gasteiger partial charge in [-0.1, -0.05) is 36.4 Å². The van der Waals surface area contributed by atoms with Crippen LogP contribution in [0.5, 0.6) is 0 Å². The third-order valence-corrected chi connectivity index (χ3v) is 5.33. The molecule has 0 saturated carbocycles. The van der Waals surface area contributed by atoms with Gasteiger partial charge in [-0.05, 0) is 41.4 Å². The van der Waals surface area contributed by atoms with Gasteiger partial charge in [-0.3, -0.25) is 4.79 Å². The number of benzene rings is 2. The van der Waals surface area contributed by atoms with Crippen molar-refractivity contribution in [1.82, 2.24) is 25.0 Å². The minimum Gasteiger partial charge on any atom is -0.353 e. The number of anilines is 1. The van der Waals surface area contributed by atoms with E-state index in [0.29, 0.717) is 24.6 Å². The molecule has 1 amide bonds. The molecular formula is C22H26N6O. The van der Waals surface area contributed by atoms with Gasteiger partial charge in [-0.2, -0.15) is 10.1 Å². The molecule has 4 rings (SSSR count). The first-order valence-corrected chi connectivity index (χ1v) is 9.89. The number of carbonyl (C=O) groups excluding carboxylic acids is 1. The van der Waals surface area contributed by atoms with Crippen LogP contribution in [0.1, 0.15) is 22.3 Å². The van der Waals surface area contributed by atoms with Crippen molar-refractivity contribution in [3.63, 3.8) is 0 Å². The molecule has 0 aliphatic carbocycles. The van der Waals surface area contributed by atoms with Gasteiger partial charge >= 0.3 is 0 Å². The van der Waals surface area contributed by atoms with Gasteiger partial charge in [0.25, 0.3) is 5.91 Å². The largest absolute Gasteiger partial charge is 0.353 e. The summed E-state index contributed by atoms with van der Waals surface area (Å²) in [5, 5.41) is 12.3. The van der Waals surface area contributed by atoms with Gasteiger partial charge in [0.15, 0.2) is 0 Å². The maximum absolute atomic E-state index is 12.8. The number of hydrogen-bond acceptors (Lipinski definition) is 5. The second kappa shape index (κ2) is 8.45. The van der Waals surface area contributed by atoms with Crippen molar-refractivity contribution < 1.29 is 4.79 Å². The van der Waals surface area contributed by atoms with E-state index in [1.165, 1.54) is 17.5 Å². The Labute approximate surface area is 170 Å². The summed E-state index contributed by atoms with van der Waals surface area (Å²) >= 11 is 0. The average Bonchev–Trinajstić information content (AvgIpc) is 3.15. The zero-order chi connectivity index (χ0) is 20.2. The third-order valence-electron chi connectivity index (χ3n) is 5.33. The molecule has 3 aromatic rings. The molecule has 1 aliphatic rings. The fourth-order valence-electron chi connectivity index (χ4n) is 3.71. The third kappa shape index (κ3) is 4.14. The summed E-state index contributed by atoms with van der Waals surface area (Å²) in [6.45, 7) is 3.10. The highest BCUT2D eigenvalue weighted by Crippen LogP contribution is 2.30. The molecule has 0 atom stereocenters. The predicted molar refractivity (Wildman–Crippen MR) is 116 cm³/mol. The van der Waals surface area contributed by atoms with Crippen molar-refractivity contribution in [2.24, 2.45) is 7.05 Å². The van der Waals surface area contributed by atoms with Crippen LogP contribution in [0.25, 0.3) is 16.3 Å². The van der Waals surface area contributed by atoms with Crippen molar-refractivity contribution in [3.05, 3.63) is 59.9 Å². The highest BCUT2D eigenvalue weighted by molar-refractivity contribution is 6.09. The number of likely N-dealkylation sites (N-methyl/N-ethyl adjacent to an activating group) is 1. The summed E-state index contributed by atoms with van der Waals surface area (Å²) in [6, 6.07) is 12.2. The molecular weight excluding hydrogens is 364 g/mol. The topological polar surface area (TPSA) is 75.1 Å². The van der Waals surface area contributed by atoms with E-state index in [-0.39, 0.29) is 5.91 Å². The maximum Gasteiger partial charge on any atom is 0.251 e. The molecule has 0 radical (unpaired) electrons. The first-order chi connectivity index (χ1) is 14.1. The number of carbonyl (C=O) groups is 1. The van der Waals surface area contributed by atoms with Gasteiger partial charge in [-0.25, -0.2) is 4.68 Å². The first-order valence-electron chi connectivity index (χ1n) is 9.89. The van der Waals surface area contributed by atoms with Crippen molar-refractivity contribution >= 4 is 28.2 Å². The van der Waals surface area contributed by atoms with Crippen LogP contribution in [0, 0.1) is 0 Å². The summed E-state index contributed by atoms with van der Waals surface area (Å²) < 4.78 is 1.66. The lowest BCUT2D eigenvalue weighted by Gasteiger charge is -2.23.